The van der Waals surface area contributed by atoms with E-state index in [4.69, 9.17) is 0 Å². The minimum Gasteiger partial charge on any atom is -0.433 e. The van der Waals surface area contributed by atoms with Crippen molar-refractivity contribution in [3.63, 3.8) is 0 Å². The summed E-state index contributed by atoms with van der Waals surface area (Å²) in [6.07, 6.45) is 0. The van der Waals surface area contributed by atoms with Gasteiger partial charge in [0.1, 0.15) is 11.8 Å². The molecule has 0 unspecified atom stereocenters. The van der Waals surface area contributed by atoms with Crippen molar-refractivity contribution in [2.75, 3.05) is 5.32 Å². The van der Waals surface area contributed by atoms with Gasteiger partial charge in [-0.15, -0.1) is 0 Å². The van der Waals surface area contributed by atoms with Crippen LogP contribution in [0, 0.1) is 0 Å². The van der Waals surface area contributed by atoms with Crippen LogP contribution in [0.3, 0.4) is 0 Å². The first-order chi connectivity index (χ1) is 14.0. The third kappa shape index (κ3) is 5.62. The second-order valence-corrected chi connectivity index (χ2v) is 6.64. The number of hydrogen-bond acceptors (Lipinski definition) is 2. The first-order valence-corrected chi connectivity index (χ1v) is 9.34. The zero-order valence-electron chi connectivity index (χ0n) is 16.0. The third-order valence-electron chi connectivity index (χ3n) is 4.57. The van der Waals surface area contributed by atoms with E-state index in [1.54, 1.807) is 19.1 Å². The molecular formula is C23H23F2N2O2+. The highest BCUT2D eigenvalue weighted by molar-refractivity contribution is 5.94. The number of halogens is 2. The number of nitrogens with two attached hydrogens (primary N) is 1. The number of benzene rings is 3. The van der Waals surface area contributed by atoms with Crippen LogP contribution in [0.15, 0.2) is 84.9 Å². The summed E-state index contributed by atoms with van der Waals surface area (Å²) in [6.45, 7) is -1.18. The fourth-order valence-corrected chi connectivity index (χ4v) is 3.13. The average molecular weight is 397 g/mol. The van der Waals surface area contributed by atoms with Gasteiger partial charge in [0.05, 0.1) is 5.69 Å². The Balaban J connectivity index is 1.77. The molecule has 0 saturated carbocycles. The highest BCUT2D eigenvalue weighted by Gasteiger charge is 2.25. The Kier molecular flexibility index (Phi) is 6.92. The third-order valence-corrected chi connectivity index (χ3v) is 4.57. The van der Waals surface area contributed by atoms with Crippen LogP contribution in [0.2, 0.25) is 0 Å². The predicted octanol–water partition coefficient (Wildman–Crippen LogP) is 3.97. The number of ether oxygens (including phenoxy) is 1. The van der Waals surface area contributed by atoms with Gasteiger partial charge in [-0.05, 0) is 19.1 Å². The summed E-state index contributed by atoms with van der Waals surface area (Å²) in [5.41, 5.74) is 2.36. The molecule has 3 N–H and O–H groups in total. The van der Waals surface area contributed by atoms with Crippen LogP contribution in [-0.4, -0.2) is 18.6 Å². The van der Waals surface area contributed by atoms with Crippen LogP contribution >= 0.6 is 0 Å². The van der Waals surface area contributed by atoms with Crippen molar-refractivity contribution < 1.29 is 23.6 Å². The van der Waals surface area contributed by atoms with E-state index in [0.717, 1.165) is 11.1 Å². The van der Waals surface area contributed by atoms with Gasteiger partial charge in [-0.1, -0.05) is 72.8 Å². The molecule has 0 aliphatic carbocycles. The highest BCUT2D eigenvalue weighted by Crippen LogP contribution is 2.25. The number of amides is 1. The number of carbonyl (C=O) groups is 1. The van der Waals surface area contributed by atoms with Crippen LogP contribution in [0.1, 0.15) is 24.1 Å². The van der Waals surface area contributed by atoms with E-state index in [-0.39, 0.29) is 23.4 Å². The largest absolute Gasteiger partial charge is 0.433 e. The lowest BCUT2D eigenvalue weighted by Gasteiger charge is -2.21. The summed E-state index contributed by atoms with van der Waals surface area (Å²) in [4.78, 5) is 12.8. The van der Waals surface area contributed by atoms with Crippen molar-refractivity contribution in [3.05, 3.63) is 96.1 Å². The Morgan fingerprint density at radius 2 is 1.38 bits per heavy atom. The standard InChI is InChI=1S/C23H22F2N2O2/c1-16(22(28)27-19-14-8-9-15-20(19)29-23(24)25)26-21(17-10-4-2-5-11-17)18-12-6-3-7-13-18/h2-16,21,23,26H,1H3,(H,27,28)/p+1/t16-/m0/s1. The highest BCUT2D eigenvalue weighted by atomic mass is 19.3. The minimum absolute atomic E-state index is 0.0641. The van der Waals surface area contributed by atoms with Crippen molar-refractivity contribution in [1.29, 1.82) is 0 Å². The van der Waals surface area contributed by atoms with E-state index >= 15 is 0 Å². The molecule has 4 nitrogen and oxygen atoms in total. The van der Waals surface area contributed by atoms with E-state index < -0.39 is 12.7 Å². The lowest BCUT2D eigenvalue weighted by atomic mass is 9.98. The molecule has 150 valence electrons. The van der Waals surface area contributed by atoms with Crippen LogP contribution in [0.25, 0.3) is 0 Å². The fraction of sp³-hybridized carbons (Fsp3) is 0.174. The Labute approximate surface area is 168 Å². The molecule has 3 aromatic rings. The van der Waals surface area contributed by atoms with E-state index in [9.17, 15) is 13.6 Å². The zero-order chi connectivity index (χ0) is 20.6. The van der Waals surface area contributed by atoms with Gasteiger partial charge in [0.2, 0.25) is 0 Å². The van der Waals surface area contributed by atoms with Gasteiger partial charge in [0.15, 0.2) is 6.04 Å². The summed E-state index contributed by atoms with van der Waals surface area (Å²) >= 11 is 0. The van der Waals surface area contributed by atoms with Gasteiger partial charge < -0.3 is 15.4 Å². The fourth-order valence-electron chi connectivity index (χ4n) is 3.13. The van der Waals surface area contributed by atoms with Crippen LogP contribution in [0.5, 0.6) is 5.75 Å². The lowest BCUT2D eigenvalue weighted by molar-refractivity contribution is -0.704. The van der Waals surface area contributed by atoms with Gasteiger partial charge in [0, 0.05) is 11.1 Å². The molecule has 0 bridgehead atoms. The molecule has 3 rings (SSSR count). The van der Waals surface area contributed by atoms with Gasteiger partial charge in [-0.3, -0.25) is 4.79 Å². The first-order valence-electron chi connectivity index (χ1n) is 9.34. The molecule has 0 saturated heterocycles. The number of hydrogen-bond donors (Lipinski definition) is 2. The minimum atomic E-state index is -2.96. The molecule has 1 amide bonds. The van der Waals surface area contributed by atoms with E-state index in [0.29, 0.717) is 0 Å². The van der Waals surface area contributed by atoms with Crippen LogP contribution in [0.4, 0.5) is 14.5 Å². The number of anilines is 1. The Morgan fingerprint density at radius 1 is 0.862 bits per heavy atom. The molecule has 0 aromatic heterocycles. The molecular weight excluding hydrogens is 374 g/mol. The molecule has 3 aromatic carbocycles. The van der Waals surface area contributed by atoms with E-state index in [2.05, 4.69) is 10.1 Å². The average Bonchev–Trinajstić information content (AvgIpc) is 2.74. The van der Waals surface area contributed by atoms with Gasteiger partial charge in [-0.2, -0.15) is 8.78 Å². The number of nitrogens with one attached hydrogen (secondary N) is 1. The molecule has 0 radical (unpaired) electrons. The molecule has 0 aliphatic rings. The summed E-state index contributed by atoms with van der Waals surface area (Å²) in [6, 6.07) is 25.4. The monoisotopic (exact) mass is 397 g/mol. The van der Waals surface area contributed by atoms with Crippen molar-refractivity contribution in [2.24, 2.45) is 0 Å². The number of quaternary nitrogens is 1. The normalized spacial score (nSPS) is 12.0. The van der Waals surface area contributed by atoms with E-state index in [1.165, 1.54) is 12.1 Å². The van der Waals surface area contributed by atoms with Crippen molar-refractivity contribution in [3.8, 4) is 5.75 Å². The molecule has 0 heterocycles. The SMILES string of the molecule is C[C@H]([NH2+]C(c1ccccc1)c1ccccc1)C(=O)Nc1ccccc1OC(F)F. The Bertz CT molecular complexity index is 881. The summed E-state index contributed by atoms with van der Waals surface area (Å²) in [5.74, 6) is -0.363. The molecule has 6 heteroatoms. The smallest absolute Gasteiger partial charge is 0.387 e. The van der Waals surface area contributed by atoms with Crippen LogP contribution in [-0.2, 0) is 4.79 Å². The van der Waals surface area contributed by atoms with Crippen LogP contribution < -0.4 is 15.4 Å². The van der Waals surface area contributed by atoms with E-state index in [1.807, 2.05) is 66.0 Å². The maximum absolute atomic E-state index is 12.8. The molecule has 0 aliphatic heterocycles. The summed E-state index contributed by atoms with van der Waals surface area (Å²) in [7, 11) is 0. The quantitative estimate of drug-likeness (QED) is 0.604. The van der Waals surface area contributed by atoms with Gasteiger partial charge in [0.25, 0.3) is 5.91 Å². The first kappa shape index (κ1) is 20.5. The van der Waals surface area contributed by atoms with Crippen molar-refractivity contribution in [2.45, 2.75) is 25.6 Å². The lowest BCUT2D eigenvalue weighted by Crippen LogP contribution is -2.92. The number of carbonyl (C=O) groups excluding carboxylic acids is 1. The second-order valence-electron chi connectivity index (χ2n) is 6.64. The maximum atomic E-state index is 12.8. The summed E-state index contributed by atoms with van der Waals surface area (Å²) < 4.78 is 29.7. The Hall–Kier alpha value is -3.25. The maximum Gasteiger partial charge on any atom is 0.387 e. The topological polar surface area (TPSA) is 54.9 Å². The second kappa shape index (κ2) is 9.80. The number of rotatable bonds is 8. The molecule has 0 spiro atoms. The number of para-hydroxylation sites is 2. The van der Waals surface area contributed by atoms with Gasteiger partial charge >= 0.3 is 6.61 Å². The van der Waals surface area contributed by atoms with Crippen molar-refractivity contribution in [1.82, 2.24) is 0 Å². The number of alkyl halides is 2. The summed E-state index contributed by atoms with van der Waals surface area (Å²) in [5, 5.41) is 4.65. The van der Waals surface area contributed by atoms with Gasteiger partial charge in [-0.25, -0.2) is 0 Å². The predicted molar refractivity (Wildman–Crippen MR) is 108 cm³/mol. The molecule has 29 heavy (non-hydrogen) atoms. The van der Waals surface area contributed by atoms with Crippen molar-refractivity contribution >= 4 is 11.6 Å². The molecule has 1 atom stereocenters. The zero-order valence-corrected chi connectivity index (χ0v) is 16.0. The Morgan fingerprint density at radius 3 is 1.93 bits per heavy atom. The molecule has 0 fully saturated rings.